The van der Waals surface area contributed by atoms with Gasteiger partial charge in [0.05, 0.1) is 0 Å². The average Bonchev–Trinajstić information content (AvgIpc) is 2.99. The van der Waals surface area contributed by atoms with Crippen LogP contribution in [-0.4, -0.2) is 6.04 Å². The Hall–Kier alpha value is -0.340. The van der Waals surface area contributed by atoms with Crippen LogP contribution in [0.15, 0.2) is 12.7 Å². The molecule has 0 radical (unpaired) electrons. The molecule has 3 atom stereocenters. The summed E-state index contributed by atoms with van der Waals surface area (Å²) in [6, 6.07) is 0.568. The Balaban J connectivity index is 1.77. The standard InChI is InChI=1S/C13H24N2/c1-2-3-4-9-12(15-14)13-10-7-5-6-8-11(10)13/h2,10-13,15H,1,3-9,14H2. The molecule has 15 heavy (non-hydrogen) atoms. The SMILES string of the molecule is C=CCCCC(NN)C1C2CCCCC21. The molecule has 2 aliphatic rings. The average molecular weight is 208 g/mol. The minimum absolute atomic E-state index is 0.568. The van der Waals surface area contributed by atoms with Crippen molar-refractivity contribution in [2.24, 2.45) is 23.6 Å². The summed E-state index contributed by atoms with van der Waals surface area (Å²) in [5.74, 6) is 8.57. The van der Waals surface area contributed by atoms with E-state index in [9.17, 15) is 0 Å². The molecule has 2 saturated carbocycles. The highest BCUT2D eigenvalue weighted by Gasteiger charge is 2.53. The molecule has 0 spiro atoms. The summed E-state index contributed by atoms with van der Waals surface area (Å²) in [6.07, 6.45) is 11.4. The third-order valence-electron chi connectivity index (χ3n) is 4.32. The molecule has 2 heteroatoms. The molecule has 3 N–H and O–H groups in total. The first kappa shape index (κ1) is 11.2. The molecule has 2 nitrogen and oxygen atoms in total. The Labute approximate surface area is 93.3 Å². The Bertz CT molecular complexity index is 203. The summed E-state index contributed by atoms with van der Waals surface area (Å²) >= 11 is 0. The lowest BCUT2D eigenvalue weighted by atomic mass is 10.0. The van der Waals surface area contributed by atoms with Crippen molar-refractivity contribution < 1.29 is 0 Å². The molecule has 3 unspecified atom stereocenters. The molecule has 0 saturated heterocycles. The molecule has 2 aliphatic carbocycles. The van der Waals surface area contributed by atoms with Gasteiger partial charge in [0.15, 0.2) is 0 Å². The molecule has 0 aromatic heterocycles. The number of nitrogens with two attached hydrogens (primary N) is 1. The number of hydrogen-bond acceptors (Lipinski definition) is 2. The van der Waals surface area contributed by atoms with Gasteiger partial charge in [-0.2, -0.15) is 0 Å². The normalized spacial score (nSPS) is 35.7. The summed E-state index contributed by atoms with van der Waals surface area (Å²) in [6.45, 7) is 3.76. The largest absolute Gasteiger partial charge is 0.271 e. The first-order valence-electron chi connectivity index (χ1n) is 6.45. The van der Waals surface area contributed by atoms with E-state index in [1.54, 1.807) is 0 Å². The van der Waals surface area contributed by atoms with Crippen LogP contribution in [0.1, 0.15) is 44.9 Å². The van der Waals surface area contributed by atoms with Gasteiger partial charge in [0, 0.05) is 6.04 Å². The fourth-order valence-corrected chi connectivity index (χ4v) is 3.51. The van der Waals surface area contributed by atoms with Crippen molar-refractivity contribution in [1.82, 2.24) is 5.43 Å². The maximum atomic E-state index is 5.67. The minimum Gasteiger partial charge on any atom is -0.271 e. The van der Waals surface area contributed by atoms with Gasteiger partial charge < -0.3 is 0 Å². The number of fused-ring (bicyclic) bond motifs is 1. The predicted molar refractivity (Wildman–Crippen MR) is 64.1 cm³/mol. The fraction of sp³-hybridized carbons (Fsp3) is 0.846. The van der Waals surface area contributed by atoms with Crippen LogP contribution >= 0.6 is 0 Å². The highest BCUT2D eigenvalue weighted by molar-refractivity contribution is 5.04. The first-order chi connectivity index (χ1) is 7.38. The molecule has 0 heterocycles. The van der Waals surface area contributed by atoms with Crippen LogP contribution in [-0.2, 0) is 0 Å². The van der Waals surface area contributed by atoms with Crippen molar-refractivity contribution in [1.29, 1.82) is 0 Å². The Kier molecular flexibility index (Phi) is 3.81. The van der Waals surface area contributed by atoms with Crippen LogP contribution in [0.3, 0.4) is 0 Å². The summed E-state index contributed by atoms with van der Waals surface area (Å²) in [5, 5.41) is 0. The van der Waals surface area contributed by atoms with Crippen LogP contribution < -0.4 is 11.3 Å². The second-order valence-electron chi connectivity index (χ2n) is 5.18. The van der Waals surface area contributed by atoms with Crippen LogP contribution in [0.4, 0.5) is 0 Å². The molecular weight excluding hydrogens is 184 g/mol. The van der Waals surface area contributed by atoms with Gasteiger partial charge in [0.25, 0.3) is 0 Å². The van der Waals surface area contributed by atoms with E-state index in [-0.39, 0.29) is 0 Å². The molecule has 0 bridgehead atoms. The van der Waals surface area contributed by atoms with E-state index in [1.807, 2.05) is 6.08 Å². The van der Waals surface area contributed by atoms with Crippen molar-refractivity contribution in [3.05, 3.63) is 12.7 Å². The van der Waals surface area contributed by atoms with E-state index in [1.165, 1.54) is 38.5 Å². The second-order valence-corrected chi connectivity index (χ2v) is 5.18. The van der Waals surface area contributed by atoms with Gasteiger partial charge in [-0.1, -0.05) is 18.9 Å². The van der Waals surface area contributed by atoms with Gasteiger partial charge >= 0.3 is 0 Å². The van der Waals surface area contributed by atoms with E-state index in [2.05, 4.69) is 12.0 Å². The van der Waals surface area contributed by atoms with Gasteiger partial charge in [-0.05, 0) is 49.9 Å². The van der Waals surface area contributed by atoms with Crippen molar-refractivity contribution in [2.75, 3.05) is 0 Å². The van der Waals surface area contributed by atoms with Crippen LogP contribution in [0.2, 0.25) is 0 Å². The topological polar surface area (TPSA) is 38.0 Å². The smallest absolute Gasteiger partial charge is 0.0244 e. The lowest BCUT2D eigenvalue weighted by molar-refractivity contribution is 0.406. The zero-order valence-corrected chi connectivity index (χ0v) is 9.62. The maximum Gasteiger partial charge on any atom is 0.0244 e. The lowest BCUT2D eigenvalue weighted by Crippen LogP contribution is -2.37. The first-order valence-corrected chi connectivity index (χ1v) is 6.45. The maximum absolute atomic E-state index is 5.67. The summed E-state index contributed by atoms with van der Waals surface area (Å²) in [5.41, 5.74) is 3.04. The molecule has 2 rings (SSSR count). The number of hydrogen-bond donors (Lipinski definition) is 2. The van der Waals surface area contributed by atoms with E-state index in [0.29, 0.717) is 6.04 Å². The van der Waals surface area contributed by atoms with Gasteiger partial charge in [0.1, 0.15) is 0 Å². The van der Waals surface area contributed by atoms with Gasteiger partial charge in [-0.25, -0.2) is 0 Å². The van der Waals surface area contributed by atoms with Crippen molar-refractivity contribution in [3.8, 4) is 0 Å². The Morgan fingerprint density at radius 3 is 2.53 bits per heavy atom. The zero-order valence-electron chi connectivity index (χ0n) is 9.62. The molecular formula is C13H24N2. The van der Waals surface area contributed by atoms with Crippen molar-refractivity contribution >= 4 is 0 Å². The molecule has 86 valence electrons. The highest BCUT2D eigenvalue weighted by atomic mass is 15.2. The molecule has 0 aromatic rings. The van der Waals surface area contributed by atoms with E-state index in [0.717, 1.165) is 24.2 Å². The predicted octanol–water partition coefficient (Wildman–Crippen LogP) is 2.61. The van der Waals surface area contributed by atoms with Gasteiger partial charge in [0.2, 0.25) is 0 Å². The Morgan fingerprint density at radius 1 is 1.33 bits per heavy atom. The molecule has 0 aromatic carbocycles. The highest BCUT2D eigenvalue weighted by Crippen LogP contribution is 2.57. The van der Waals surface area contributed by atoms with E-state index >= 15 is 0 Å². The van der Waals surface area contributed by atoms with Crippen molar-refractivity contribution in [2.45, 2.75) is 51.0 Å². The number of nitrogens with one attached hydrogen (secondary N) is 1. The Morgan fingerprint density at radius 2 is 2.00 bits per heavy atom. The third kappa shape index (κ3) is 2.43. The van der Waals surface area contributed by atoms with E-state index in [4.69, 9.17) is 5.84 Å². The quantitative estimate of drug-likeness (QED) is 0.305. The zero-order chi connectivity index (χ0) is 10.7. The molecule has 2 fully saturated rings. The van der Waals surface area contributed by atoms with Gasteiger partial charge in [-0.3, -0.25) is 11.3 Å². The third-order valence-corrected chi connectivity index (χ3v) is 4.32. The van der Waals surface area contributed by atoms with Crippen molar-refractivity contribution in [3.63, 3.8) is 0 Å². The van der Waals surface area contributed by atoms with Crippen LogP contribution in [0.25, 0.3) is 0 Å². The second kappa shape index (κ2) is 5.13. The van der Waals surface area contributed by atoms with Gasteiger partial charge in [-0.15, -0.1) is 6.58 Å². The number of allylic oxidation sites excluding steroid dienone is 1. The van der Waals surface area contributed by atoms with Crippen LogP contribution in [0.5, 0.6) is 0 Å². The summed E-state index contributed by atoms with van der Waals surface area (Å²) < 4.78 is 0. The number of hydrazine groups is 1. The minimum atomic E-state index is 0.568. The number of unbranched alkanes of at least 4 members (excludes halogenated alkanes) is 1. The number of rotatable bonds is 6. The molecule has 0 aliphatic heterocycles. The van der Waals surface area contributed by atoms with Crippen LogP contribution in [0, 0.1) is 17.8 Å². The summed E-state index contributed by atoms with van der Waals surface area (Å²) in [4.78, 5) is 0. The monoisotopic (exact) mass is 208 g/mol. The molecule has 0 amide bonds. The lowest BCUT2D eigenvalue weighted by Gasteiger charge is -2.15. The van der Waals surface area contributed by atoms with E-state index < -0.39 is 0 Å². The summed E-state index contributed by atoms with van der Waals surface area (Å²) in [7, 11) is 0. The fourth-order valence-electron chi connectivity index (χ4n) is 3.51.